The van der Waals surface area contributed by atoms with Crippen LogP contribution in [-0.4, -0.2) is 54.7 Å². The average Bonchev–Trinajstić information content (AvgIpc) is 3.16. The van der Waals surface area contributed by atoms with E-state index in [4.69, 9.17) is 9.47 Å². The van der Waals surface area contributed by atoms with Crippen molar-refractivity contribution in [3.8, 4) is 0 Å². The fourth-order valence-electron chi connectivity index (χ4n) is 5.49. The number of amides is 2. The average molecular weight is 455 g/mol. The first-order valence-electron chi connectivity index (χ1n) is 11.7. The van der Waals surface area contributed by atoms with Crippen LogP contribution in [0.5, 0.6) is 0 Å². The lowest BCUT2D eigenvalue weighted by Gasteiger charge is -2.41. The van der Waals surface area contributed by atoms with Gasteiger partial charge in [0.1, 0.15) is 11.5 Å². The Hall–Kier alpha value is -2.80. The Morgan fingerprint density at radius 1 is 1.33 bits per heavy atom. The molecule has 2 amide bonds. The predicted octanol–water partition coefficient (Wildman–Crippen LogP) is 3.10. The van der Waals surface area contributed by atoms with Gasteiger partial charge in [0.05, 0.1) is 25.7 Å². The van der Waals surface area contributed by atoms with Crippen LogP contribution in [0.3, 0.4) is 0 Å². The Morgan fingerprint density at radius 3 is 2.82 bits per heavy atom. The van der Waals surface area contributed by atoms with Gasteiger partial charge in [-0.15, -0.1) is 0 Å². The molecule has 2 heterocycles. The zero-order chi connectivity index (χ0) is 23.8. The highest BCUT2D eigenvalue weighted by molar-refractivity contribution is 5.98. The summed E-state index contributed by atoms with van der Waals surface area (Å²) in [6.07, 6.45) is 5.84. The van der Waals surface area contributed by atoms with E-state index >= 15 is 0 Å². The topological polar surface area (TPSA) is 88.1 Å². The van der Waals surface area contributed by atoms with Gasteiger partial charge in [-0.3, -0.25) is 9.59 Å². The van der Waals surface area contributed by atoms with Gasteiger partial charge < -0.3 is 24.8 Å². The van der Waals surface area contributed by atoms with E-state index < -0.39 is 11.5 Å². The van der Waals surface area contributed by atoms with Crippen molar-refractivity contribution in [1.82, 2.24) is 10.2 Å². The maximum atomic E-state index is 13.5. The van der Waals surface area contributed by atoms with Crippen LogP contribution >= 0.6 is 0 Å². The van der Waals surface area contributed by atoms with Gasteiger partial charge in [0.2, 0.25) is 5.91 Å². The fraction of sp³-hybridized carbons (Fsp3) is 0.538. The van der Waals surface area contributed by atoms with Crippen LogP contribution in [0.1, 0.15) is 60.5 Å². The van der Waals surface area contributed by atoms with Gasteiger partial charge in [-0.05, 0) is 49.0 Å². The van der Waals surface area contributed by atoms with E-state index in [1.165, 1.54) is 0 Å². The Labute approximate surface area is 195 Å². The molecule has 7 nitrogen and oxygen atoms in total. The van der Waals surface area contributed by atoms with Gasteiger partial charge in [-0.2, -0.15) is 0 Å². The number of ether oxygens (including phenoxy) is 2. The van der Waals surface area contributed by atoms with Crippen LogP contribution < -0.4 is 5.32 Å². The van der Waals surface area contributed by atoms with E-state index in [1.54, 1.807) is 33.3 Å². The summed E-state index contributed by atoms with van der Waals surface area (Å²) in [5.74, 6) is 0.737. The lowest BCUT2D eigenvalue weighted by molar-refractivity contribution is -0.134. The first-order valence-corrected chi connectivity index (χ1v) is 11.7. The molecule has 1 aromatic rings. The van der Waals surface area contributed by atoms with E-state index in [2.05, 4.69) is 12.2 Å². The Morgan fingerprint density at radius 2 is 2.12 bits per heavy atom. The number of benzene rings is 1. The molecule has 1 aromatic carbocycles. The zero-order valence-corrected chi connectivity index (χ0v) is 19.9. The number of likely N-dealkylation sites (tertiary alicyclic amines) is 1. The van der Waals surface area contributed by atoms with Crippen molar-refractivity contribution < 1.29 is 24.2 Å². The molecule has 3 aliphatic rings. The monoisotopic (exact) mass is 454 g/mol. The van der Waals surface area contributed by atoms with E-state index in [9.17, 15) is 14.7 Å². The highest BCUT2D eigenvalue weighted by atomic mass is 16.5. The smallest absolute Gasteiger partial charge is 0.251 e. The molecule has 4 atom stereocenters. The summed E-state index contributed by atoms with van der Waals surface area (Å²) in [5, 5.41) is 14.4. The molecule has 1 fully saturated rings. The van der Waals surface area contributed by atoms with E-state index in [1.807, 2.05) is 23.1 Å². The second kappa shape index (κ2) is 9.21. The molecule has 4 rings (SSSR count). The third-order valence-electron chi connectivity index (χ3n) is 7.17. The summed E-state index contributed by atoms with van der Waals surface area (Å²) < 4.78 is 11.1. The molecule has 0 aromatic heterocycles. The molecule has 0 bridgehead atoms. The van der Waals surface area contributed by atoms with Gasteiger partial charge in [0.25, 0.3) is 5.91 Å². The molecule has 7 heteroatoms. The van der Waals surface area contributed by atoms with Crippen LogP contribution in [0, 0.1) is 11.8 Å². The second-order valence-electron chi connectivity index (χ2n) is 9.70. The van der Waals surface area contributed by atoms with Crippen LogP contribution in [0.25, 0.3) is 0 Å². The minimum absolute atomic E-state index is 0.0778. The Balaban J connectivity index is 1.73. The highest BCUT2D eigenvalue weighted by Crippen LogP contribution is 2.45. The van der Waals surface area contributed by atoms with E-state index in [0.717, 1.165) is 37.1 Å². The minimum atomic E-state index is -1.29. The number of piperidine rings is 1. The lowest BCUT2D eigenvalue weighted by Crippen LogP contribution is -2.44. The van der Waals surface area contributed by atoms with Crippen molar-refractivity contribution in [3.63, 3.8) is 0 Å². The SMILES string of the molecule is COC1=C[C@@](C)(O)C(C(CC(=O)N2CCCC(C)C2)c2ccc3c(c2)CNC3=O)C(OC)=C1. The molecule has 1 aliphatic carbocycles. The molecule has 33 heavy (non-hydrogen) atoms. The van der Waals surface area contributed by atoms with Gasteiger partial charge >= 0.3 is 0 Å². The number of carbonyl (C=O) groups excluding carboxylic acids is 2. The highest BCUT2D eigenvalue weighted by Gasteiger charge is 2.45. The molecule has 0 spiro atoms. The van der Waals surface area contributed by atoms with Crippen molar-refractivity contribution in [1.29, 1.82) is 0 Å². The number of methoxy groups -OCH3 is 2. The fourth-order valence-corrected chi connectivity index (χ4v) is 5.49. The second-order valence-corrected chi connectivity index (χ2v) is 9.70. The first kappa shape index (κ1) is 23.4. The van der Waals surface area contributed by atoms with Crippen LogP contribution in [-0.2, 0) is 20.8 Å². The maximum absolute atomic E-state index is 13.5. The number of hydrogen-bond donors (Lipinski definition) is 2. The summed E-state index contributed by atoms with van der Waals surface area (Å²) in [5.41, 5.74) is 1.19. The quantitative estimate of drug-likeness (QED) is 0.690. The number of nitrogens with one attached hydrogen (secondary N) is 1. The third-order valence-corrected chi connectivity index (χ3v) is 7.17. The van der Waals surface area contributed by atoms with Crippen LogP contribution in [0.2, 0.25) is 0 Å². The summed E-state index contributed by atoms with van der Waals surface area (Å²) >= 11 is 0. The minimum Gasteiger partial charge on any atom is -0.501 e. The number of aliphatic hydroxyl groups is 1. The zero-order valence-electron chi connectivity index (χ0n) is 19.9. The van der Waals surface area contributed by atoms with E-state index in [0.29, 0.717) is 29.5 Å². The van der Waals surface area contributed by atoms with Gasteiger partial charge in [-0.1, -0.05) is 19.1 Å². The van der Waals surface area contributed by atoms with Crippen molar-refractivity contribution in [2.24, 2.45) is 11.8 Å². The van der Waals surface area contributed by atoms with Gasteiger partial charge in [0, 0.05) is 43.6 Å². The van der Waals surface area contributed by atoms with Gasteiger partial charge in [0.15, 0.2) is 0 Å². The number of nitrogens with zero attached hydrogens (tertiary/aromatic N) is 1. The molecule has 0 saturated carbocycles. The molecule has 2 aliphatic heterocycles. The molecular formula is C26H34N2O5. The largest absolute Gasteiger partial charge is 0.501 e. The van der Waals surface area contributed by atoms with E-state index in [-0.39, 0.29) is 24.2 Å². The number of allylic oxidation sites excluding steroid dienone is 1. The summed E-state index contributed by atoms with van der Waals surface area (Å²) in [6.45, 7) is 5.89. The predicted molar refractivity (Wildman–Crippen MR) is 124 cm³/mol. The number of hydrogen-bond acceptors (Lipinski definition) is 5. The summed E-state index contributed by atoms with van der Waals surface area (Å²) in [7, 11) is 3.12. The van der Waals surface area contributed by atoms with Crippen molar-refractivity contribution in [2.45, 2.75) is 51.2 Å². The maximum Gasteiger partial charge on any atom is 0.251 e. The van der Waals surface area contributed by atoms with Crippen molar-refractivity contribution >= 4 is 11.8 Å². The van der Waals surface area contributed by atoms with Crippen LogP contribution in [0.15, 0.2) is 41.9 Å². The molecule has 1 saturated heterocycles. The summed E-state index contributed by atoms with van der Waals surface area (Å²) in [4.78, 5) is 27.5. The standard InChI is InChI=1S/C26H34N2O5/c1-16-6-5-9-28(15-16)23(29)12-21(17-7-8-20-18(10-17)14-27-25(20)30)24-22(33-4)11-19(32-3)13-26(24,2)31/h7-8,10-11,13,16,21,24,31H,5-6,9,12,14-15H2,1-4H3,(H,27,30)/t16?,21?,24?,26-/m1/s1. The Kier molecular flexibility index (Phi) is 6.52. The van der Waals surface area contributed by atoms with Gasteiger partial charge in [-0.25, -0.2) is 0 Å². The molecular weight excluding hydrogens is 420 g/mol. The Bertz CT molecular complexity index is 996. The summed E-state index contributed by atoms with van der Waals surface area (Å²) in [6, 6.07) is 5.71. The molecule has 0 radical (unpaired) electrons. The lowest BCUT2D eigenvalue weighted by atomic mass is 9.70. The molecule has 3 unspecified atom stereocenters. The normalized spacial score (nSPS) is 27.8. The molecule has 2 N–H and O–H groups in total. The van der Waals surface area contributed by atoms with Crippen molar-refractivity contribution in [2.75, 3.05) is 27.3 Å². The van der Waals surface area contributed by atoms with Crippen molar-refractivity contribution in [3.05, 3.63) is 58.6 Å². The molecule has 178 valence electrons. The number of fused-ring (bicyclic) bond motifs is 1. The number of carbonyl (C=O) groups is 2. The van der Waals surface area contributed by atoms with Crippen LogP contribution in [0.4, 0.5) is 0 Å². The third kappa shape index (κ3) is 4.64. The number of rotatable bonds is 6. The first-order chi connectivity index (χ1) is 15.7.